The molecule has 1 amide bonds. The molecule has 1 atom stereocenters. The molecule has 0 bridgehead atoms. The molecule has 0 aliphatic carbocycles. The van der Waals surface area contributed by atoms with Gasteiger partial charge in [-0.15, -0.1) is 10.2 Å². The van der Waals surface area contributed by atoms with Crippen LogP contribution in [0.15, 0.2) is 51.7 Å². The van der Waals surface area contributed by atoms with Crippen LogP contribution in [0.4, 0.5) is 15.2 Å². The van der Waals surface area contributed by atoms with E-state index < -0.39 is 28.1 Å². The minimum absolute atomic E-state index is 0.00578. The van der Waals surface area contributed by atoms with E-state index in [1.54, 1.807) is 6.92 Å². The van der Waals surface area contributed by atoms with E-state index in [1.165, 1.54) is 35.2 Å². The third-order valence-electron chi connectivity index (χ3n) is 4.97. The van der Waals surface area contributed by atoms with Gasteiger partial charge in [0.2, 0.25) is 10.9 Å². The number of hydrogen-bond donors (Lipinski definition) is 0. The number of halogens is 1. The number of benzene rings is 2. The van der Waals surface area contributed by atoms with Crippen LogP contribution >= 0.6 is 11.3 Å². The number of carbonyl (C=O) groups is 1. The van der Waals surface area contributed by atoms with Crippen molar-refractivity contribution in [3.8, 4) is 0 Å². The first-order valence-corrected chi connectivity index (χ1v) is 9.81. The lowest BCUT2D eigenvalue weighted by Gasteiger charge is -2.21. The van der Waals surface area contributed by atoms with Crippen molar-refractivity contribution < 1.29 is 18.5 Å². The van der Waals surface area contributed by atoms with Gasteiger partial charge in [0.05, 0.1) is 21.9 Å². The molecule has 0 saturated heterocycles. The normalized spacial score (nSPS) is 15.5. The van der Waals surface area contributed by atoms with Gasteiger partial charge in [-0.2, -0.15) is 0 Å². The fourth-order valence-corrected chi connectivity index (χ4v) is 4.33. The Morgan fingerprint density at radius 2 is 1.90 bits per heavy atom. The second-order valence-electron chi connectivity index (χ2n) is 6.84. The van der Waals surface area contributed by atoms with Crippen LogP contribution in [0.25, 0.3) is 11.0 Å². The molecule has 0 N–H and O–H groups in total. The second-order valence-corrected chi connectivity index (χ2v) is 8.00. The highest BCUT2D eigenvalue weighted by Crippen LogP contribution is 2.42. The molecule has 9 nitrogen and oxygen atoms in total. The molecule has 1 unspecified atom stereocenters. The number of aryl methyl sites for hydroxylation is 1. The predicted molar refractivity (Wildman–Crippen MR) is 109 cm³/mol. The molecule has 1 aliphatic rings. The first kappa shape index (κ1) is 19.0. The first-order chi connectivity index (χ1) is 14.8. The lowest BCUT2D eigenvalue weighted by atomic mass is 9.98. The molecule has 0 fully saturated rings. The topological polar surface area (TPSA) is 119 Å². The summed E-state index contributed by atoms with van der Waals surface area (Å²) in [5, 5.41) is 19.8. The van der Waals surface area contributed by atoms with E-state index in [-0.39, 0.29) is 33.1 Å². The van der Waals surface area contributed by atoms with Crippen molar-refractivity contribution in [1.29, 1.82) is 0 Å². The number of hydrogen-bond acceptors (Lipinski definition) is 8. The lowest BCUT2D eigenvalue weighted by molar-refractivity contribution is -0.384. The van der Waals surface area contributed by atoms with Gasteiger partial charge in [-0.3, -0.25) is 24.6 Å². The SMILES string of the molecule is Cc1nnc(N2C(=O)c3oc4ccc(F)cc4c(=O)c3C2c2ccc([N+](=O)[O-])cc2)s1. The summed E-state index contributed by atoms with van der Waals surface area (Å²) in [4.78, 5) is 38.3. The Labute approximate surface area is 176 Å². The summed E-state index contributed by atoms with van der Waals surface area (Å²) in [5.74, 6) is -1.40. The smallest absolute Gasteiger partial charge is 0.297 e. The number of fused-ring (bicyclic) bond motifs is 2. The van der Waals surface area contributed by atoms with E-state index in [0.29, 0.717) is 10.6 Å². The van der Waals surface area contributed by atoms with Crippen LogP contribution in [0.1, 0.15) is 32.7 Å². The minimum atomic E-state index is -0.959. The Morgan fingerprint density at radius 1 is 1.16 bits per heavy atom. The third-order valence-corrected chi connectivity index (χ3v) is 5.81. The van der Waals surface area contributed by atoms with Crippen LogP contribution in [0, 0.1) is 22.9 Å². The Balaban J connectivity index is 1.79. The highest BCUT2D eigenvalue weighted by molar-refractivity contribution is 7.15. The van der Waals surface area contributed by atoms with Crippen LogP contribution in [-0.4, -0.2) is 21.0 Å². The van der Waals surface area contributed by atoms with Crippen LogP contribution in [-0.2, 0) is 0 Å². The van der Waals surface area contributed by atoms with Crippen molar-refractivity contribution >= 4 is 39.0 Å². The molecule has 2 aromatic heterocycles. The summed E-state index contributed by atoms with van der Waals surface area (Å²) in [7, 11) is 0. The number of nitro benzene ring substituents is 1. The molecule has 0 spiro atoms. The van der Waals surface area contributed by atoms with Gasteiger partial charge in [0, 0.05) is 12.1 Å². The first-order valence-electron chi connectivity index (χ1n) is 8.99. The highest BCUT2D eigenvalue weighted by Gasteiger charge is 2.45. The van der Waals surface area contributed by atoms with E-state index in [2.05, 4.69) is 10.2 Å². The summed E-state index contributed by atoms with van der Waals surface area (Å²) in [6.45, 7) is 1.72. The maximum atomic E-state index is 13.8. The second kappa shape index (κ2) is 6.77. The summed E-state index contributed by atoms with van der Waals surface area (Å²) < 4.78 is 19.5. The van der Waals surface area contributed by atoms with Crippen LogP contribution < -0.4 is 10.3 Å². The van der Waals surface area contributed by atoms with Crippen molar-refractivity contribution in [2.24, 2.45) is 0 Å². The molecule has 0 radical (unpaired) electrons. The molecule has 154 valence electrons. The number of carbonyl (C=O) groups excluding carboxylic acids is 1. The fraction of sp³-hybridized carbons (Fsp3) is 0.100. The minimum Gasteiger partial charge on any atom is -0.450 e. The number of amides is 1. The van der Waals surface area contributed by atoms with Crippen molar-refractivity contribution in [2.45, 2.75) is 13.0 Å². The monoisotopic (exact) mass is 438 g/mol. The Bertz CT molecular complexity index is 1450. The Hall–Kier alpha value is -3.99. The van der Waals surface area contributed by atoms with Gasteiger partial charge < -0.3 is 4.42 Å². The molecule has 4 aromatic rings. The van der Waals surface area contributed by atoms with Crippen LogP contribution in [0.2, 0.25) is 0 Å². The summed E-state index contributed by atoms with van der Waals surface area (Å²) in [6, 6.07) is 8.00. The average molecular weight is 438 g/mol. The van der Waals surface area contributed by atoms with E-state index in [4.69, 9.17) is 4.42 Å². The molecular weight excluding hydrogens is 427 g/mol. The standard InChI is InChI=1S/C20H11FN4O5S/c1-9-22-23-20(31-9)24-16(10-2-5-12(6-3-10)25(28)29)15-17(26)13-8-11(21)4-7-14(13)30-18(15)19(24)27/h2-8,16H,1H3. The van der Waals surface area contributed by atoms with Crippen molar-refractivity contribution in [1.82, 2.24) is 10.2 Å². The lowest BCUT2D eigenvalue weighted by Crippen LogP contribution is -2.29. The Kier molecular flexibility index (Phi) is 4.15. The zero-order valence-electron chi connectivity index (χ0n) is 15.7. The number of anilines is 1. The molecular formula is C20H11FN4O5S. The van der Waals surface area contributed by atoms with Gasteiger partial charge in [0.25, 0.3) is 11.6 Å². The molecule has 11 heteroatoms. The number of aromatic nitrogens is 2. The molecule has 1 aliphatic heterocycles. The highest BCUT2D eigenvalue weighted by atomic mass is 32.1. The summed E-state index contributed by atoms with van der Waals surface area (Å²) in [5.41, 5.74) is -0.162. The van der Waals surface area contributed by atoms with Gasteiger partial charge in [-0.05, 0) is 42.8 Å². The molecule has 5 rings (SSSR count). The maximum Gasteiger partial charge on any atom is 0.297 e. The zero-order valence-corrected chi connectivity index (χ0v) is 16.6. The van der Waals surface area contributed by atoms with E-state index in [0.717, 1.165) is 23.5 Å². The van der Waals surface area contributed by atoms with Crippen molar-refractivity contribution in [2.75, 3.05) is 4.90 Å². The molecule has 3 heterocycles. The fourth-order valence-electron chi connectivity index (χ4n) is 3.62. The quantitative estimate of drug-likeness (QED) is 0.353. The average Bonchev–Trinajstić information content (AvgIpc) is 3.30. The van der Waals surface area contributed by atoms with Gasteiger partial charge in [0.15, 0.2) is 5.43 Å². The van der Waals surface area contributed by atoms with Crippen molar-refractivity contribution in [3.63, 3.8) is 0 Å². The van der Waals surface area contributed by atoms with Gasteiger partial charge in [0.1, 0.15) is 16.4 Å². The number of nitro groups is 1. The largest absolute Gasteiger partial charge is 0.450 e. The van der Waals surface area contributed by atoms with Gasteiger partial charge >= 0.3 is 0 Å². The van der Waals surface area contributed by atoms with Gasteiger partial charge in [-0.1, -0.05) is 11.3 Å². The molecule has 2 aromatic carbocycles. The van der Waals surface area contributed by atoms with E-state index >= 15 is 0 Å². The summed E-state index contributed by atoms with van der Waals surface area (Å²) in [6.07, 6.45) is 0. The zero-order chi connectivity index (χ0) is 21.9. The van der Waals surface area contributed by atoms with Gasteiger partial charge in [-0.25, -0.2) is 4.39 Å². The number of rotatable bonds is 3. The van der Waals surface area contributed by atoms with Crippen LogP contribution in [0.3, 0.4) is 0 Å². The molecule has 31 heavy (non-hydrogen) atoms. The van der Waals surface area contributed by atoms with Crippen LogP contribution in [0.5, 0.6) is 0 Å². The Morgan fingerprint density at radius 3 is 2.55 bits per heavy atom. The van der Waals surface area contributed by atoms with E-state index in [9.17, 15) is 24.1 Å². The van der Waals surface area contributed by atoms with E-state index in [1.807, 2.05) is 0 Å². The predicted octanol–water partition coefficient (Wildman–Crippen LogP) is 3.75. The van der Waals surface area contributed by atoms with Crippen molar-refractivity contribution in [3.05, 3.63) is 90.5 Å². The number of nitrogens with zero attached hydrogens (tertiary/aromatic N) is 4. The summed E-state index contributed by atoms with van der Waals surface area (Å²) >= 11 is 1.15. The number of non-ortho nitro benzene ring substituents is 1. The maximum absolute atomic E-state index is 13.8. The third kappa shape index (κ3) is 2.89. The molecule has 0 saturated carbocycles.